The van der Waals surface area contributed by atoms with Gasteiger partial charge in [-0.2, -0.15) is 5.10 Å². The number of aromatic nitrogens is 2. The van der Waals surface area contributed by atoms with Crippen LogP contribution in [0.15, 0.2) is 22.7 Å². The summed E-state index contributed by atoms with van der Waals surface area (Å²) in [4.78, 5) is 0. The molecule has 0 saturated carbocycles. The lowest BCUT2D eigenvalue weighted by molar-refractivity contribution is 1.10. The molecule has 78 valence electrons. The molecular formula is C10H9BrClN3. The third-order valence-electron chi connectivity index (χ3n) is 2.14. The summed E-state index contributed by atoms with van der Waals surface area (Å²) in [5, 5.41) is 7.44. The fourth-order valence-electron chi connectivity index (χ4n) is 1.33. The number of anilines is 1. The molecule has 3 nitrogen and oxygen atoms in total. The van der Waals surface area contributed by atoms with E-state index >= 15 is 0 Å². The number of aromatic amines is 1. The van der Waals surface area contributed by atoms with Crippen molar-refractivity contribution in [3.63, 3.8) is 0 Å². The number of rotatable bonds is 1. The number of nitrogens with zero attached hydrogens (tertiary/aromatic N) is 1. The predicted octanol–water partition coefficient (Wildman–Crippen LogP) is 3.38. The largest absolute Gasteiger partial charge is 0.382 e. The van der Waals surface area contributed by atoms with E-state index in [2.05, 4.69) is 26.1 Å². The maximum absolute atomic E-state index is 6.06. The van der Waals surface area contributed by atoms with Crippen LogP contribution in [0, 0.1) is 6.92 Å². The fourth-order valence-corrected chi connectivity index (χ4v) is 2.16. The molecule has 5 heteroatoms. The Morgan fingerprint density at radius 2 is 2.13 bits per heavy atom. The Bertz CT molecular complexity index is 507. The molecule has 0 unspecified atom stereocenters. The molecule has 0 atom stereocenters. The van der Waals surface area contributed by atoms with Crippen LogP contribution in [0.3, 0.4) is 0 Å². The zero-order valence-electron chi connectivity index (χ0n) is 8.01. The van der Waals surface area contributed by atoms with E-state index in [1.165, 1.54) is 0 Å². The van der Waals surface area contributed by atoms with Crippen molar-refractivity contribution in [1.82, 2.24) is 10.2 Å². The molecule has 1 heterocycles. The average Bonchev–Trinajstić information content (AvgIpc) is 2.58. The van der Waals surface area contributed by atoms with E-state index in [0.717, 1.165) is 26.3 Å². The van der Waals surface area contributed by atoms with Gasteiger partial charge in [-0.15, -0.1) is 0 Å². The van der Waals surface area contributed by atoms with Crippen molar-refractivity contribution < 1.29 is 0 Å². The number of nitrogens with two attached hydrogens (primary N) is 1. The van der Waals surface area contributed by atoms with E-state index in [0.29, 0.717) is 5.82 Å². The molecule has 0 aliphatic rings. The first-order valence-corrected chi connectivity index (χ1v) is 5.52. The molecule has 3 N–H and O–H groups in total. The van der Waals surface area contributed by atoms with Gasteiger partial charge < -0.3 is 5.73 Å². The van der Waals surface area contributed by atoms with E-state index < -0.39 is 0 Å². The van der Waals surface area contributed by atoms with Crippen LogP contribution < -0.4 is 5.73 Å². The van der Waals surface area contributed by atoms with Gasteiger partial charge in [0.2, 0.25) is 0 Å². The summed E-state index contributed by atoms with van der Waals surface area (Å²) in [6, 6.07) is 5.62. The van der Waals surface area contributed by atoms with Crippen LogP contribution in [0.5, 0.6) is 0 Å². The van der Waals surface area contributed by atoms with Gasteiger partial charge in [0, 0.05) is 21.1 Å². The first-order chi connectivity index (χ1) is 7.08. The molecule has 0 spiro atoms. The number of hydrogen-bond donors (Lipinski definition) is 2. The Balaban J connectivity index is 2.58. The van der Waals surface area contributed by atoms with Crippen molar-refractivity contribution in [2.45, 2.75) is 6.92 Å². The summed E-state index contributed by atoms with van der Waals surface area (Å²) in [7, 11) is 0. The standard InChI is InChI=1S/C10H9BrClN3/c1-5-2-7(11)6(3-8(5)12)9-4-10(13)15-14-9/h2-4H,1H3,(H3,13,14,15). The summed E-state index contributed by atoms with van der Waals surface area (Å²) < 4.78 is 0.966. The van der Waals surface area contributed by atoms with Gasteiger partial charge in [0.15, 0.2) is 0 Å². The summed E-state index contributed by atoms with van der Waals surface area (Å²) in [6.07, 6.45) is 0. The van der Waals surface area contributed by atoms with Crippen molar-refractivity contribution in [3.8, 4) is 11.3 Å². The maximum atomic E-state index is 6.06. The summed E-state index contributed by atoms with van der Waals surface area (Å²) >= 11 is 9.54. The monoisotopic (exact) mass is 285 g/mol. The highest BCUT2D eigenvalue weighted by molar-refractivity contribution is 9.10. The number of aryl methyl sites for hydroxylation is 1. The highest BCUT2D eigenvalue weighted by Crippen LogP contribution is 2.32. The van der Waals surface area contributed by atoms with Gasteiger partial charge in [0.1, 0.15) is 5.82 Å². The number of H-pyrrole nitrogens is 1. The highest BCUT2D eigenvalue weighted by Gasteiger charge is 2.08. The SMILES string of the molecule is Cc1cc(Br)c(-c2cc(N)n[nH]2)cc1Cl. The van der Waals surface area contributed by atoms with Crippen molar-refractivity contribution >= 4 is 33.3 Å². The predicted molar refractivity (Wildman–Crippen MR) is 65.9 cm³/mol. The third kappa shape index (κ3) is 2.01. The van der Waals surface area contributed by atoms with E-state index in [-0.39, 0.29) is 0 Å². The average molecular weight is 287 g/mol. The lowest BCUT2D eigenvalue weighted by atomic mass is 10.1. The lowest BCUT2D eigenvalue weighted by Crippen LogP contribution is -1.83. The number of halogens is 2. The minimum absolute atomic E-state index is 0.466. The van der Waals surface area contributed by atoms with E-state index in [9.17, 15) is 0 Å². The summed E-state index contributed by atoms with van der Waals surface area (Å²) in [6.45, 7) is 1.96. The molecule has 0 aliphatic carbocycles. The molecule has 2 rings (SSSR count). The zero-order valence-corrected chi connectivity index (χ0v) is 10.4. The van der Waals surface area contributed by atoms with Gasteiger partial charge in [-0.25, -0.2) is 0 Å². The van der Waals surface area contributed by atoms with Crippen LogP contribution >= 0.6 is 27.5 Å². The molecule has 2 aromatic rings. The Kier molecular flexibility index (Phi) is 2.71. The number of nitrogen functional groups attached to an aromatic ring is 1. The second-order valence-corrected chi connectivity index (χ2v) is 4.55. The van der Waals surface area contributed by atoms with Gasteiger partial charge >= 0.3 is 0 Å². The van der Waals surface area contributed by atoms with Crippen LogP contribution in [-0.4, -0.2) is 10.2 Å². The van der Waals surface area contributed by atoms with Gasteiger partial charge in [-0.1, -0.05) is 27.5 Å². The van der Waals surface area contributed by atoms with E-state index in [1.807, 2.05) is 19.1 Å². The number of benzene rings is 1. The maximum Gasteiger partial charge on any atom is 0.145 e. The topological polar surface area (TPSA) is 54.7 Å². The minimum atomic E-state index is 0.466. The van der Waals surface area contributed by atoms with Crippen LogP contribution in [-0.2, 0) is 0 Å². The van der Waals surface area contributed by atoms with Gasteiger partial charge in [0.05, 0.1) is 5.69 Å². The van der Waals surface area contributed by atoms with Crippen molar-refractivity contribution in [2.75, 3.05) is 5.73 Å². The lowest BCUT2D eigenvalue weighted by Gasteiger charge is -2.05. The summed E-state index contributed by atoms with van der Waals surface area (Å²) in [5.41, 5.74) is 8.37. The molecule has 0 bridgehead atoms. The smallest absolute Gasteiger partial charge is 0.145 e. The number of nitrogens with one attached hydrogen (secondary N) is 1. The minimum Gasteiger partial charge on any atom is -0.382 e. The van der Waals surface area contributed by atoms with Crippen molar-refractivity contribution in [3.05, 3.63) is 33.3 Å². The quantitative estimate of drug-likeness (QED) is 0.844. The number of hydrogen-bond acceptors (Lipinski definition) is 2. The second-order valence-electron chi connectivity index (χ2n) is 3.29. The molecule has 0 saturated heterocycles. The van der Waals surface area contributed by atoms with E-state index in [1.54, 1.807) is 6.07 Å². The first-order valence-electron chi connectivity index (χ1n) is 4.35. The zero-order chi connectivity index (χ0) is 11.0. The molecule has 1 aromatic carbocycles. The van der Waals surface area contributed by atoms with Crippen LogP contribution in [0.1, 0.15) is 5.56 Å². The van der Waals surface area contributed by atoms with Crippen LogP contribution in [0.25, 0.3) is 11.3 Å². The molecule has 0 fully saturated rings. The molecule has 0 amide bonds. The van der Waals surface area contributed by atoms with Gasteiger partial charge in [0.25, 0.3) is 0 Å². The fraction of sp³-hybridized carbons (Fsp3) is 0.100. The van der Waals surface area contributed by atoms with E-state index in [4.69, 9.17) is 17.3 Å². The molecular weight excluding hydrogens is 277 g/mol. The Morgan fingerprint density at radius 1 is 1.40 bits per heavy atom. The highest BCUT2D eigenvalue weighted by atomic mass is 79.9. The molecule has 0 radical (unpaired) electrons. The van der Waals surface area contributed by atoms with Gasteiger partial charge in [-0.3, -0.25) is 5.10 Å². The summed E-state index contributed by atoms with van der Waals surface area (Å²) in [5.74, 6) is 0.466. The van der Waals surface area contributed by atoms with Crippen molar-refractivity contribution in [2.24, 2.45) is 0 Å². The third-order valence-corrected chi connectivity index (χ3v) is 3.20. The van der Waals surface area contributed by atoms with Crippen molar-refractivity contribution in [1.29, 1.82) is 0 Å². The second kappa shape index (κ2) is 3.87. The molecule has 0 aliphatic heterocycles. The Labute approximate surface area is 101 Å². The molecule has 15 heavy (non-hydrogen) atoms. The van der Waals surface area contributed by atoms with Crippen LogP contribution in [0.4, 0.5) is 5.82 Å². The van der Waals surface area contributed by atoms with Gasteiger partial charge in [-0.05, 0) is 24.6 Å². The Hall–Kier alpha value is -1.00. The normalized spacial score (nSPS) is 10.6. The van der Waals surface area contributed by atoms with Crippen LogP contribution in [0.2, 0.25) is 5.02 Å². The first kappa shape index (κ1) is 10.5. The molecule has 1 aromatic heterocycles. The Morgan fingerprint density at radius 3 is 2.73 bits per heavy atom.